The minimum absolute atomic E-state index is 0.194. The van der Waals surface area contributed by atoms with Crippen molar-refractivity contribution in [2.45, 2.75) is 0 Å². The number of esters is 1. The van der Waals surface area contributed by atoms with Crippen LogP contribution in [0.5, 0.6) is 0 Å². The molecule has 1 rings (SSSR count). The fourth-order valence-electron chi connectivity index (χ4n) is 0.731. The summed E-state index contributed by atoms with van der Waals surface area (Å²) < 4.78 is 4.03. The molecular formula is C8H5NO4. The normalized spacial score (nSPS) is 8.92. The van der Waals surface area contributed by atoms with E-state index in [4.69, 9.17) is 0 Å². The molecule has 66 valence electrons. The lowest BCUT2D eigenvalue weighted by Crippen LogP contribution is -2.08. The summed E-state index contributed by atoms with van der Waals surface area (Å²) in [5.74, 6) is -0.884. The summed E-state index contributed by atoms with van der Waals surface area (Å²) in [6.45, 7) is 0. The van der Waals surface area contributed by atoms with Crippen LogP contribution in [0.3, 0.4) is 0 Å². The Morgan fingerprint density at radius 2 is 1.77 bits per heavy atom. The Morgan fingerprint density at radius 3 is 2.31 bits per heavy atom. The van der Waals surface area contributed by atoms with Crippen LogP contribution in [0.2, 0.25) is 0 Å². The van der Waals surface area contributed by atoms with Gasteiger partial charge in [-0.1, -0.05) is 18.2 Å². The van der Waals surface area contributed by atoms with Crippen LogP contribution in [-0.2, 0) is 4.74 Å². The molecule has 0 spiro atoms. The molecule has 0 aliphatic carbocycles. The summed E-state index contributed by atoms with van der Waals surface area (Å²) in [7, 11) is 0. The molecule has 1 amide bonds. The summed E-state index contributed by atoms with van der Waals surface area (Å²) >= 11 is 0. The van der Waals surface area contributed by atoms with Crippen LogP contribution in [0.15, 0.2) is 35.5 Å². The number of nitrogens with zero attached hydrogens (tertiary/aromatic N) is 1. The summed E-state index contributed by atoms with van der Waals surface area (Å²) in [5.41, 5.74) is 0.194. The number of rotatable bonds is 1. The molecule has 5 nitrogen and oxygen atoms in total. The molecule has 0 aliphatic rings. The smallest absolute Gasteiger partial charge is 0.369 e. The number of hydrogen-bond donors (Lipinski definition) is 0. The lowest BCUT2D eigenvalue weighted by Gasteiger charge is -1.96. The van der Waals surface area contributed by atoms with Crippen molar-refractivity contribution < 1.29 is 14.3 Å². The lowest BCUT2D eigenvalue weighted by atomic mass is 10.2. The zero-order valence-electron chi connectivity index (χ0n) is 6.47. The van der Waals surface area contributed by atoms with Gasteiger partial charge in [0.05, 0.1) is 10.7 Å². The van der Waals surface area contributed by atoms with E-state index in [2.05, 4.69) is 4.74 Å². The molecule has 0 aromatic heterocycles. The van der Waals surface area contributed by atoms with E-state index in [9.17, 15) is 14.5 Å². The topological polar surface area (TPSA) is 72.8 Å². The Hall–Kier alpha value is -2.04. The molecule has 0 heterocycles. The van der Waals surface area contributed by atoms with E-state index in [1.54, 1.807) is 18.2 Å². The average Bonchev–Trinajstić information content (AvgIpc) is 2.19. The second kappa shape index (κ2) is 4.10. The third kappa shape index (κ3) is 2.48. The number of ether oxygens (including phenoxy) is 1. The summed E-state index contributed by atoms with van der Waals surface area (Å²) in [5, 5.41) is 1.92. The van der Waals surface area contributed by atoms with Crippen LogP contribution in [0.4, 0.5) is 4.79 Å². The van der Waals surface area contributed by atoms with Gasteiger partial charge in [-0.15, -0.1) is 4.91 Å². The van der Waals surface area contributed by atoms with Crippen molar-refractivity contribution in [3.05, 3.63) is 40.8 Å². The molecule has 0 radical (unpaired) electrons. The molecular weight excluding hydrogens is 174 g/mol. The first-order valence-electron chi connectivity index (χ1n) is 3.38. The maximum Gasteiger partial charge on any atom is 0.478 e. The van der Waals surface area contributed by atoms with Crippen molar-refractivity contribution in [2.75, 3.05) is 0 Å². The molecule has 0 saturated carbocycles. The first-order chi connectivity index (χ1) is 6.24. The standard InChI is InChI=1S/C8H5NO4/c10-7(13-8(11)9-12)6-4-2-1-3-5-6/h1-5H. The van der Waals surface area contributed by atoms with Gasteiger partial charge < -0.3 is 4.74 Å². The van der Waals surface area contributed by atoms with Gasteiger partial charge in [-0.2, -0.15) is 0 Å². The van der Waals surface area contributed by atoms with E-state index in [0.717, 1.165) is 0 Å². The van der Waals surface area contributed by atoms with Gasteiger partial charge in [0, 0.05) is 0 Å². The van der Waals surface area contributed by atoms with Gasteiger partial charge in [0.2, 0.25) is 0 Å². The van der Waals surface area contributed by atoms with Crippen LogP contribution in [-0.4, -0.2) is 12.1 Å². The summed E-state index contributed by atoms with van der Waals surface area (Å²) in [6, 6.07) is 7.84. The van der Waals surface area contributed by atoms with Crippen LogP contribution < -0.4 is 0 Å². The Labute approximate surface area is 73.3 Å². The van der Waals surface area contributed by atoms with Crippen molar-refractivity contribution in [2.24, 2.45) is 5.18 Å². The summed E-state index contributed by atoms with van der Waals surface area (Å²) in [6.07, 6.45) is -1.44. The number of hydrogen-bond acceptors (Lipinski definition) is 4. The molecule has 1 aromatic carbocycles. The molecule has 0 bridgehead atoms. The van der Waals surface area contributed by atoms with Gasteiger partial charge in [0.15, 0.2) is 0 Å². The van der Waals surface area contributed by atoms with Crippen molar-refractivity contribution in [3.8, 4) is 0 Å². The fourth-order valence-corrected chi connectivity index (χ4v) is 0.731. The minimum Gasteiger partial charge on any atom is -0.369 e. The van der Waals surface area contributed by atoms with Crippen molar-refractivity contribution in [3.63, 3.8) is 0 Å². The number of amides is 1. The highest BCUT2D eigenvalue weighted by atomic mass is 16.6. The van der Waals surface area contributed by atoms with Crippen LogP contribution >= 0.6 is 0 Å². The maximum absolute atomic E-state index is 11.0. The second-order valence-electron chi connectivity index (χ2n) is 2.11. The number of nitroso groups, excluding NO2 is 1. The molecule has 0 fully saturated rings. The van der Waals surface area contributed by atoms with Gasteiger partial charge in [0.25, 0.3) is 0 Å². The highest BCUT2D eigenvalue weighted by molar-refractivity contribution is 5.96. The van der Waals surface area contributed by atoms with E-state index in [-0.39, 0.29) is 5.56 Å². The highest BCUT2D eigenvalue weighted by Crippen LogP contribution is 2.01. The van der Waals surface area contributed by atoms with Gasteiger partial charge in [-0.05, 0) is 12.1 Å². The molecule has 0 saturated heterocycles. The van der Waals surface area contributed by atoms with E-state index < -0.39 is 12.1 Å². The molecule has 0 N–H and O–H groups in total. The van der Waals surface area contributed by atoms with Gasteiger partial charge in [-0.3, -0.25) is 0 Å². The minimum atomic E-state index is -1.44. The SMILES string of the molecule is O=NC(=O)OC(=O)c1ccccc1. The first kappa shape index (κ1) is 9.05. The Bertz CT molecular complexity index is 333. The fraction of sp³-hybridized carbons (Fsp3) is 0. The largest absolute Gasteiger partial charge is 0.478 e. The first-order valence-corrected chi connectivity index (χ1v) is 3.38. The van der Waals surface area contributed by atoms with E-state index >= 15 is 0 Å². The zero-order chi connectivity index (χ0) is 9.68. The van der Waals surface area contributed by atoms with E-state index in [0.29, 0.717) is 0 Å². The van der Waals surface area contributed by atoms with Gasteiger partial charge in [0.1, 0.15) is 0 Å². The van der Waals surface area contributed by atoms with Crippen molar-refractivity contribution in [1.29, 1.82) is 0 Å². The van der Waals surface area contributed by atoms with Crippen LogP contribution in [0, 0.1) is 4.91 Å². The summed E-state index contributed by atoms with van der Waals surface area (Å²) in [4.78, 5) is 30.8. The van der Waals surface area contributed by atoms with Gasteiger partial charge in [-0.25, -0.2) is 9.59 Å². The van der Waals surface area contributed by atoms with Crippen molar-refractivity contribution >= 4 is 12.1 Å². The number of benzene rings is 1. The van der Waals surface area contributed by atoms with E-state index in [1.807, 2.05) is 5.18 Å². The average molecular weight is 179 g/mol. The molecule has 13 heavy (non-hydrogen) atoms. The predicted octanol–water partition coefficient (Wildman–Crippen LogP) is 1.73. The van der Waals surface area contributed by atoms with Crippen LogP contribution in [0.1, 0.15) is 10.4 Å². The Kier molecular flexibility index (Phi) is 2.86. The lowest BCUT2D eigenvalue weighted by molar-refractivity contribution is 0.0638. The number of carbonyl (C=O) groups excluding carboxylic acids is 2. The van der Waals surface area contributed by atoms with Gasteiger partial charge >= 0.3 is 12.1 Å². The molecule has 0 atom stereocenters. The van der Waals surface area contributed by atoms with Crippen LogP contribution in [0.25, 0.3) is 0 Å². The predicted molar refractivity (Wildman–Crippen MR) is 43.0 cm³/mol. The molecule has 1 aromatic rings. The number of carbonyl (C=O) groups is 2. The Balaban J connectivity index is 2.70. The third-order valence-electron chi connectivity index (χ3n) is 1.26. The monoisotopic (exact) mass is 179 g/mol. The van der Waals surface area contributed by atoms with E-state index in [1.165, 1.54) is 12.1 Å². The molecule has 5 heteroatoms. The maximum atomic E-state index is 11.0. The highest BCUT2D eigenvalue weighted by Gasteiger charge is 2.11. The Morgan fingerprint density at radius 1 is 1.15 bits per heavy atom. The molecule has 0 unspecified atom stereocenters. The quantitative estimate of drug-likeness (QED) is 0.374. The second-order valence-corrected chi connectivity index (χ2v) is 2.11. The third-order valence-corrected chi connectivity index (χ3v) is 1.26. The zero-order valence-corrected chi connectivity index (χ0v) is 6.47. The molecule has 0 aliphatic heterocycles. The van der Waals surface area contributed by atoms with Crippen molar-refractivity contribution in [1.82, 2.24) is 0 Å².